The third kappa shape index (κ3) is 1.61. The molecule has 0 fully saturated rings. The van der Waals surface area contributed by atoms with Crippen LogP contribution in [0.3, 0.4) is 0 Å². The smallest absolute Gasteiger partial charge is 0.144 e. The fourth-order valence-electron chi connectivity index (χ4n) is 0.896. The molecule has 11 heavy (non-hydrogen) atoms. The molecule has 0 aliphatic rings. The van der Waals surface area contributed by atoms with E-state index >= 15 is 0 Å². The summed E-state index contributed by atoms with van der Waals surface area (Å²) in [6.45, 7) is 1.89. The minimum Gasteiger partial charge on any atom is -0.494 e. The van der Waals surface area contributed by atoms with E-state index in [4.69, 9.17) is 4.74 Å². The molecular formula is C8H10FNO. The minimum atomic E-state index is 0.368. The summed E-state index contributed by atoms with van der Waals surface area (Å²) in [5.41, 5.74) is 2.92. The summed E-state index contributed by atoms with van der Waals surface area (Å²) in [5, 5.41) is 0. The number of hydrogen-bond acceptors (Lipinski definition) is 2. The van der Waals surface area contributed by atoms with Gasteiger partial charge in [-0.1, -0.05) is 6.07 Å². The summed E-state index contributed by atoms with van der Waals surface area (Å²) >= 11 is 0. The average Bonchev–Trinajstić information content (AvgIpc) is 2.04. The highest BCUT2D eigenvalue weighted by molar-refractivity contribution is 5.56. The van der Waals surface area contributed by atoms with Crippen LogP contribution in [0.2, 0.25) is 0 Å². The van der Waals surface area contributed by atoms with E-state index in [1.54, 1.807) is 17.7 Å². The minimum absolute atomic E-state index is 0.368. The Morgan fingerprint density at radius 1 is 1.45 bits per heavy atom. The van der Waals surface area contributed by atoms with E-state index in [9.17, 15) is 4.48 Å². The van der Waals surface area contributed by atoms with Crippen molar-refractivity contribution in [2.45, 2.75) is 6.92 Å². The third-order valence-corrected chi connectivity index (χ3v) is 1.46. The van der Waals surface area contributed by atoms with Gasteiger partial charge in [-0.25, -0.2) is 5.54 Å². The molecule has 0 aliphatic carbocycles. The lowest BCUT2D eigenvalue weighted by atomic mass is 10.2. The Kier molecular flexibility index (Phi) is 2.31. The van der Waals surface area contributed by atoms with Crippen LogP contribution in [0, 0.1) is 6.92 Å². The first kappa shape index (κ1) is 7.85. The molecule has 1 aromatic rings. The number of rotatable bonds is 2. The Morgan fingerprint density at radius 3 is 2.73 bits per heavy atom. The van der Waals surface area contributed by atoms with Crippen molar-refractivity contribution in [1.82, 2.24) is 0 Å². The Bertz CT molecular complexity index is 250. The zero-order valence-corrected chi connectivity index (χ0v) is 6.52. The topological polar surface area (TPSA) is 21.3 Å². The molecule has 2 nitrogen and oxygen atoms in total. The van der Waals surface area contributed by atoms with Crippen LogP contribution in [0.5, 0.6) is 5.75 Å². The second-order valence-corrected chi connectivity index (χ2v) is 2.30. The SMILES string of the molecule is COc1ccc(C)cc1NF. The number of benzene rings is 1. The van der Waals surface area contributed by atoms with E-state index in [-0.39, 0.29) is 0 Å². The molecule has 0 aromatic heterocycles. The van der Waals surface area contributed by atoms with E-state index in [1.807, 2.05) is 13.0 Å². The van der Waals surface area contributed by atoms with Crippen LogP contribution in [0.4, 0.5) is 10.2 Å². The van der Waals surface area contributed by atoms with Gasteiger partial charge in [0, 0.05) is 0 Å². The van der Waals surface area contributed by atoms with Crippen molar-refractivity contribution in [3.05, 3.63) is 23.8 Å². The Labute approximate surface area is 64.9 Å². The van der Waals surface area contributed by atoms with Gasteiger partial charge in [-0.3, -0.25) is 0 Å². The quantitative estimate of drug-likeness (QED) is 0.661. The summed E-state index contributed by atoms with van der Waals surface area (Å²) in [7, 11) is 1.51. The van der Waals surface area contributed by atoms with Crippen LogP contribution in [0.25, 0.3) is 0 Å². The van der Waals surface area contributed by atoms with E-state index in [2.05, 4.69) is 0 Å². The third-order valence-electron chi connectivity index (χ3n) is 1.46. The van der Waals surface area contributed by atoms with Gasteiger partial charge in [-0.05, 0) is 24.6 Å². The Balaban J connectivity index is 3.06. The molecule has 0 saturated carbocycles. The molecule has 0 aliphatic heterocycles. The summed E-state index contributed by atoms with van der Waals surface area (Å²) in [4.78, 5) is 0. The van der Waals surface area contributed by atoms with Gasteiger partial charge in [0.25, 0.3) is 0 Å². The summed E-state index contributed by atoms with van der Waals surface area (Å²) in [6, 6.07) is 5.26. The monoisotopic (exact) mass is 155 g/mol. The first-order valence-electron chi connectivity index (χ1n) is 3.29. The molecule has 0 bridgehead atoms. The first-order chi connectivity index (χ1) is 5.27. The average molecular weight is 155 g/mol. The van der Waals surface area contributed by atoms with Crippen molar-refractivity contribution in [3.63, 3.8) is 0 Å². The first-order valence-corrected chi connectivity index (χ1v) is 3.29. The van der Waals surface area contributed by atoms with Crippen molar-refractivity contribution in [3.8, 4) is 5.75 Å². The van der Waals surface area contributed by atoms with Crippen molar-refractivity contribution in [2.24, 2.45) is 0 Å². The molecule has 0 saturated heterocycles. The summed E-state index contributed by atoms with van der Waals surface area (Å²) < 4.78 is 16.9. The van der Waals surface area contributed by atoms with Crippen LogP contribution in [0.15, 0.2) is 18.2 Å². The number of methoxy groups -OCH3 is 1. The van der Waals surface area contributed by atoms with Crippen LogP contribution >= 0.6 is 0 Å². The zero-order chi connectivity index (χ0) is 8.27. The van der Waals surface area contributed by atoms with E-state index in [1.165, 1.54) is 7.11 Å². The standard InChI is InChI=1S/C8H10FNO/c1-6-3-4-8(11-2)7(5-6)10-9/h3-5,10H,1-2H3. The second kappa shape index (κ2) is 3.23. The van der Waals surface area contributed by atoms with E-state index in [0.717, 1.165) is 5.56 Å². The molecule has 60 valence electrons. The molecule has 0 spiro atoms. The number of ether oxygens (including phenoxy) is 1. The van der Waals surface area contributed by atoms with Crippen molar-refractivity contribution < 1.29 is 9.22 Å². The van der Waals surface area contributed by atoms with Crippen molar-refractivity contribution in [2.75, 3.05) is 12.6 Å². The van der Waals surface area contributed by atoms with E-state index in [0.29, 0.717) is 11.4 Å². The maximum absolute atomic E-state index is 12.0. The molecular weight excluding hydrogens is 145 g/mol. The van der Waals surface area contributed by atoms with Gasteiger partial charge < -0.3 is 4.74 Å². The Hall–Kier alpha value is -1.25. The van der Waals surface area contributed by atoms with Crippen molar-refractivity contribution in [1.29, 1.82) is 0 Å². The number of hydrogen-bond donors (Lipinski definition) is 1. The highest BCUT2D eigenvalue weighted by Crippen LogP contribution is 2.24. The van der Waals surface area contributed by atoms with Gasteiger partial charge in [0.05, 0.1) is 7.11 Å². The largest absolute Gasteiger partial charge is 0.494 e. The fourth-order valence-corrected chi connectivity index (χ4v) is 0.896. The van der Waals surface area contributed by atoms with Gasteiger partial charge in [-0.15, -0.1) is 4.48 Å². The molecule has 0 unspecified atom stereocenters. The predicted molar refractivity (Wildman–Crippen MR) is 42.5 cm³/mol. The number of halogens is 1. The molecule has 1 rings (SSSR count). The van der Waals surface area contributed by atoms with Crippen molar-refractivity contribution >= 4 is 5.69 Å². The molecule has 1 aromatic carbocycles. The lowest BCUT2D eigenvalue weighted by molar-refractivity contribution is 0.413. The van der Waals surface area contributed by atoms with Gasteiger partial charge in [0.2, 0.25) is 0 Å². The maximum atomic E-state index is 12.0. The lowest BCUT2D eigenvalue weighted by Gasteiger charge is -2.05. The number of aryl methyl sites for hydroxylation is 1. The van der Waals surface area contributed by atoms with Gasteiger partial charge >= 0.3 is 0 Å². The highest BCUT2D eigenvalue weighted by Gasteiger charge is 2.00. The molecule has 0 radical (unpaired) electrons. The number of nitrogens with one attached hydrogen (secondary N) is 1. The lowest BCUT2D eigenvalue weighted by Crippen LogP contribution is -1.90. The fraction of sp³-hybridized carbons (Fsp3) is 0.250. The highest BCUT2D eigenvalue weighted by atomic mass is 19.2. The van der Waals surface area contributed by atoms with E-state index < -0.39 is 0 Å². The summed E-state index contributed by atoms with van der Waals surface area (Å²) in [5.74, 6) is 0.512. The molecule has 3 heteroatoms. The van der Waals surface area contributed by atoms with Gasteiger partial charge in [0.15, 0.2) is 0 Å². The summed E-state index contributed by atoms with van der Waals surface area (Å²) in [6.07, 6.45) is 0. The normalized spacial score (nSPS) is 9.36. The van der Waals surface area contributed by atoms with Crippen LogP contribution < -0.4 is 10.3 Å². The number of anilines is 1. The van der Waals surface area contributed by atoms with Crippen LogP contribution in [0.1, 0.15) is 5.56 Å². The maximum Gasteiger partial charge on any atom is 0.144 e. The Morgan fingerprint density at radius 2 is 2.18 bits per heavy atom. The molecule has 0 atom stereocenters. The van der Waals surface area contributed by atoms with Crippen LogP contribution in [-0.2, 0) is 0 Å². The van der Waals surface area contributed by atoms with Crippen LogP contribution in [-0.4, -0.2) is 7.11 Å². The molecule has 1 N–H and O–H groups in total. The zero-order valence-electron chi connectivity index (χ0n) is 6.52. The predicted octanol–water partition coefficient (Wildman–Crippen LogP) is 2.30. The molecule has 0 amide bonds. The van der Waals surface area contributed by atoms with Gasteiger partial charge in [-0.2, -0.15) is 0 Å². The second-order valence-electron chi connectivity index (χ2n) is 2.30. The molecule has 0 heterocycles. The van der Waals surface area contributed by atoms with Gasteiger partial charge in [0.1, 0.15) is 11.4 Å².